The average Bonchev–Trinajstić information content (AvgIpc) is 3.25. The summed E-state index contributed by atoms with van der Waals surface area (Å²) in [6.07, 6.45) is 6.48. The van der Waals surface area contributed by atoms with Gasteiger partial charge in [-0.2, -0.15) is 0 Å². The molecule has 0 aliphatic heterocycles. The summed E-state index contributed by atoms with van der Waals surface area (Å²) < 4.78 is 0. The van der Waals surface area contributed by atoms with Crippen molar-refractivity contribution in [1.82, 2.24) is 10.3 Å². The van der Waals surface area contributed by atoms with Crippen LogP contribution in [0.4, 0.5) is 0 Å². The van der Waals surface area contributed by atoms with Crippen molar-refractivity contribution in [2.45, 2.75) is 39.0 Å². The van der Waals surface area contributed by atoms with E-state index in [4.69, 9.17) is 0 Å². The Balaban J connectivity index is 1.45. The van der Waals surface area contributed by atoms with Gasteiger partial charge in [-0.05, 0) is 48.3 Å². The smallest absolute Gasteiger partial charge is 0.220 e. The van der Waals surface area contributed by atoms with Gasteiger partial charge in [-0.25, -0.2) is 0 Å². The van der Waals surface area contributed by atoms with Crippen molar-refractivity contribution in [1.29, 1.82) is 0 Å². The van der Waals surface area contributed by atoms with E-state index in [0.717, 1.165) is 25.7 Å². The van der Waals surface area contributed by atoms with E-state index in [0.29, 0.717) is 13.0 Å². The Morgan fingerprint density at radius 2 is 2.08 bits per heavy atom. The SMILES string of the molecule is CCc1cccc2c(CCNC(=O)CCCc3cccs3)c[nH]c12. The number of aromatic nitrogens is 1. The minimum atomic E-state index is 0.153. The lowest BCUT2D eigenvalue weighted by atomic mass is 10.1. The number of rotatable bonds is 8. The van der Waals surface area contributed by atoms with Crippen LogP contribution < -0.4 is 5.32 Å². The summed E-state index contributed by atoms with van der Waals surface area (Å²) in [5, 5.41) is 6.41. The van der Waals surface area contributed by atoms with Gasteiger partial charge in [-0.15, -0.1) is 11.3 Å². The number of benzene rings is 1. The van der Waals surface area contributed by atoms with Crippen LogP contribution >= 0.6 is 11.3 Å². The fraction of sp³-hybridized carbons (Fsp3) is 0.350. The van der Waals surface area contributed by atoms with Crippen LogP contribution in [0.5, 0.6) is 0 Å². The van der Waals surface area contributed by atoms with Gasteiger partial charge in [0.1, 0.15) is 0 Å². The molecule has 0 bridgehead atoms. The molecular formula is C20H24N2OS. The third-order valence-corrected chi connectivity index (χ3v) is 5.33. The van der Waals surface area contributed by atoms with Crippen LogP contribution in [0.2, 0.25) is 0 Å². The predicted octanol–water partition coefficient (Wildman–Crippen LogP) is 4.47. The molecule has 0 aliphatic carbocycles. The third kappa shape index (κ3) is 4.06. The Kier molecular flexibility index (Phi) is 5.70. The molecule has 0 spiro atoms. The number of amides is 1. The number of thiophene rings is 1. The molecule has 1 amide bonds. The van der Waals surface area contributed by atoms with Crippen LogP contribution in [0, 0.1) is 0 Å². The van der Waals surface area contributed by atoms with Crippen LogP contribution in [0.15, 0.2) is 41.9 Å². The summed E-state index contributed by atoms with van der Waals surface area (Å²) in [5.41, 5.74) is 3.85. The molecule has 0 atom stereocenters. The van der Waals surface area contributed by atoms with E-state index in [1.807, 2.05) is 0 Å². The van der Waals surface area contributed by atoms with Gasteiger partial charge in [0.25, 0.3) is 0 Å². The second kappa shape index (κ2) is 8.15. The molecule has 3 aromatic rings. The first-order chi connectivity index (χ1) is 11.8. The number of hydrogen-bond donors (Lipinski definition) is 2. The summed E-state index contributed by atoms with van der Waals surface area (Å²) in [6, 6.07) is 10.6. The lowest BCUT2D eigenvalue weighted by Gasteiger charge is -2.05. The van der Waals surface area contributed by atoms with Crippen LogP contribution in [0.1, 0.15) is 35.8 Å². The molecule has 3 nitrogen and oxygen atoms in total. The van der Waals surface area contributed by atoms with Gasteiger partial charge in [0.05, 0.1) is 0 Å². The molecule has 4 heteroatoms. The highest BCUT2D eigenvalue weighted by molar-refractivity contribution is 7.09. The summed E-state index contributed by atoms with van der Waals surface area (Å²) >= 11 is 1.76. The monoisotopic (exact) mass is 340 g/mol. The highest BCUT2D eigenvalue weighted by Crippen LogP contribution is 2.22. The molecule has 0 saturated carbocycles. The van der Waals surface area contributed by atoms with Gasteiger partial charge in [0.2, 0.25) is 5.91 Å². The van der Waals surface area contributed by atoms with E-state index < -0.39 is 0 Å². The minimum Gasteiger partial charge on any atom is -0.361 e. The van der Waals surface area contributed by atoms with Crippen molar-refractivity contribution >= 4 is 28.1 Å². The maximum absolute atomic E-state index is 11.9. The van der Waals surface area contributed by atoms with Crippen LogP contribution in [0.25, 0.3) is 10.9 Å². The van der Waals surface area contributed by atoms with Crippen LogP contribution in [-0.4, -0.2) is 17.4 Å². The zero-order chi connectivity index (χ0) is 16.8. The number of para-hydroxylation sites is 1. The first kappa shape index (κ1) is 16.8. The highest BCUT2D eigenvalue weighted by atomic mass is 32.1. The van der Waals surface area contributed by atoms with Gasteiger partial charge < -0.3 is 10.3 Å². The molecule has 24 heavy (non-hydrogen) atoms. The number of hydrogen-bond acceptors (Lipinski definition) is 2. The molecule has 0 aliphatic rings. The van der Waals surface area contributed by atoms with Crippen molar-refractivity contribution in [3.63, 3.8) is 0 Å². The second-order valence-electron chi connectivity index (χ2n) is 6.04. The summed E-state index contributed by atoms with van der Waals surface area (Å²) in [7, 11) is 0. The van der Waals surface area contributed by atoms with E-state index in [1.165, 1.54) is 26.9 Å². The fourth-order valence-corrected chi connectivity index (χ4v) is 3.83. The van der Waals surface area contributed by atoms with Crippen molar-refractivity contribution in [2.24, 2.45) is 0 Å². The van der Waals surface area contributed by atoms with Gasteiger partial charge in [0.15, 0.2) is 0 Å². The summed E-state index contributed by atoms with van der Waals surface area (Å²) in [5.74, 6) is 0.153. The molecule has 1 aromatic carbocycles. The molecule has 0 saturated heterocycles. The zero-order valence-electron chi connectivity index (χ0n) is 14.1. The van der Waals surface area contributed by atoms with Crippen LogP contribution in [-0.2, 0) is 24.1 Å². The fourth-order valence-electron chi connectivity index (χ4n) is 3.08. The van der Waals surface area contributed by atoms with Gasteiger partial charge in [-0.1, -0.05) is 31.2 Å². The van der Waals surface area contributed by atoms with E-state index >= 15 is 0 Å². The van der Waals surface area contributed by atoms with Crippen molar-refractivity contribution in [3.05, 3.63) is 57.9 Å². The maximum Gasteiger partial charge on any atom is 0.220 e. The Morgan fingerprint density at radius 1 is 1.17 bits per heavy atom. The van der Waals surface area contributed by atoms with Gasteiger partial charge in [-0.3, -0.25) is 4.79 Å². The molecule has 2 heterocycles. The Labute approximate surface area is 147 Å². The van der Waals surface area contributed by atoms with E-state index in [2.05, 4.69) is 59.1 Å². The first-order valence-corrected chi connectivity index (χ1v) is 9.53. The number of carbonyl (C=O) groups excluding carboxylic acids is 1. The molecule has 0 unspecified atom stereocenters. The van der Waals surface area contributed by atoms with Crippen molar-refractivity contribution in [3.8, 4) is 0 Å². The van der Waals surface area contributed by atoms with Crippen LogP contribution in [0.3, 0.4) is 0 Å². The Bertz CT molecular complexity index is 789. The molecule has 126 valence electrons. The number of aryl methyl sites for hydroxylation is 2. The normalized spacial score (nSPS) is 11.0. The molecule has 0 fully saturated rings. The molecule has 2 aromatic heterocycles. The first-order valence-electron chi connectivity index (χ1n) is 8.65. The number of carbonyl (C=O) groups is 1. The minimum absolute atomic E-state index is 0.153. The molecule has 2 N–H and O–H groups in total. The van der Waals surface area contributed by atoms with Crippen molar-refractivity contribution < 1.29 is 4.79 Å². The Hall–Kier alpha value is -2.07. The number of aromatic amines is 1. The van der Waals surface area contributed by atoms with E-state index in [1.54, 1.807) is 11.3 Å². The summed E-state index contributed by atoms with van der Waals surface area (Å²) in [6.45, 7) is 2.87. The number of nitrogens with one attached hydrogen (secondary N) is 2. The molecular weight excluding hydrogens is 316 g/mol. The molecule has 0 radical (unpaired) electrons. The standard InChI is InChI=1S/C20H24N2OS/c1-2-15-6-3-9-18-16(14-22-20(15)18)11-12-21-19(23)10-4-7-17-8-5-13-24-17/h3,5-6,8-9,13-14,22H,2,4,7,10-12H2,1H3,(H,21,23). The van der Waals surface area contributed by atoms with E-state index in [-0.39, 0.29) is 5.91 Å². The quantitative estimate of drug-likeness (QED) is 0.624. The average molecular weight is 340 g/mol. The van der Waals surface area contributed by atoms with Crippen molar-refractivity contribution in [2.75, 3.05) is 6.54 Å². The third-order valence-electron chi connectivity index (χ3n) is 4.39. The lowest BCUT2D eigenvalue weighted by Crippen LogP contribution is -2.25. The largest absolute Gasteiger partial charge is 0.361 e. The maximum atomic E-state index is 11.9. The van der Waals surface area contributed by atoms with Gasteiger partial charge in [0, 0.05) is 34.9 Å². The lowest BCUT2D eigenvalue weighted by molar-refractivity contribution is -0.121. The van der Waals surface area contributed by atoms with E-state index in [9.17, 15) is 4.79 Å². The number of H-pyrrole nitrogens is 1. The zero-order valence-corrected chi connectivity index (χ0v) is 14.9. The second-order valence-corrected chi connectivity index (χ2v) is 7.07. The summed E-state index contributed by atoms with van der Waals surface area (Å²) in [4.78, 5) is 16.7. The topological polar surface area (TPSA) is 44.9 Å². The molecule has 3 rings (SSSR count). The number of fused-ring (bicyclic) bond motifs is 1. The highest BCUT2D eigenvalue weighted by Gasteiger charge is 2.07. The Morgan fingerprint density at radius 3 is 2.88 bits per heavy atom. The predicted molar refractivity (Wildman–Crippen MR) is 102 cm³/mol. The van der Waals surface area contributed by atoms with Gasteiger partial charge >= 0.3 is 0 Å².